The summed E-state index contributed by atoms with van der Waals surface area (Å²) in [5.74, 6) is 1.05. The molecule has 1 aromatic carbocycles. The van der Waals surface area contributed by atoms with Crippen molar-refractivity contribution < 1.29 is 14.2 Å². The number of benzene rings is 1. The predicted molar refractivity (Wildman–Crippen MR) is 102 cm³/mol. The van der Waals surface area contributed by atoms with Gasteiger partial charge in [0.15, 0.2) is 12.4 Å². The lowest BCUT2D eigenvalue weighted by Crippen LogP contribution is -2.18. The summed E-state index contributed by atoms with van der Waals surface area (Å²) < 4.78 is 5.40. The Kier molecular flexibility index (Phi) is 4.45. The Morgan fingerprint density at radius 3 is 2.74 bits per heavy atom. The molecular weight excluding hydrogens is 340 g/mol. The number of hydrogen-bond donors (Lipinski definition) is 1. The van der Waals surface area contributed by atoms with Crippen molar-refractivity contribution >= 4 is 23.0 Å². The SMILES string of the molecule is Cc1ccc(C=NNC(=O)c2cc(-c3cc[nH+]cc3)nc3ccccc23)o1. The third-order valence-corrected chi connectivity index (χ3v) is 4.09. The second-order valence-electron chi connectivity index (χ2n) is 6.01. The molecule has 6 nitrogen and oxygen atoms in total. The van der Waals surface area contributed by atoms with Gasteiger partial charge in [0, 0.05) is 23.1 Å². The van der Waals surface area contributed by atoms with Gasteiger partial charge in [-0.1, -0.05) is 18.2 Å². The van der Waals surface area contributed by atoms with Crippen LogP contribution < -0.4 is 10.4 Å². The van der Waals surface area contributed by atoms with E-state index in [2.05, 4.69) is 20.5 Å². The number of nitrogens with one attached hydrogen (secondary N) is 2. The van der Waals surface area contributed by atoms with Gasteiger partial charge in [-0.05, 0) is 31.2 Å². The van der Waals surface area contributed by atoms with Crippen LogP contribution in [0.1, 0.15) is 21.9 Å². The number of carbonyl (C=O) groups excluding carboxylic acids is 1. The van der Waals surface area contributed by atoms with Crippen LogP contribution in [-0.4, -0.2) is 17.1 Å². The molecule has 1 amide bonds. The van der Waals surface area contributed by atoms with Crippen LogP contribution in [-0.2, 0) is 0 Å². The smallest absolute Gasteiger partial charge is 0.272 e. The molecule has 3 aromatic heterocycles. The van der Waals surface area contributed by atoms with Gasteiger partial charge in [0.25, 0.3) is 5.91 Å². The van der Waals surface area contributed by atoms with E-state index in [4.69, 9.17) is 4.42 Å². The molecule has 0 aliphatic carbocycles. The van der Waals surface area contributed by atoms with E-state index in [1.807, 2.05) is 61.8 Å². The largest absolute Gasteiger partial charge is 0.460 e. The molecule has 4 rings (SSSR count). The van der Waals surface area contributed by atoms with E-state index in [9.17, 15) is 4.79 Å². The van der Waals surface area contributed by atoms with E-state index in [-0.39, 0.29) is 5.91 Å². The minimum atomic E-state index is -0.308. The van der Waals surface area contributed by atoms with Gasteiger partial charge in [-0.3, -0.25) is 4.79 Å². The predicted octanol–water partition coefficient (Wildman–Crippen LogP) is 3.38. The van der Waals surface area contributed by atoms with Crippen LogP contribution in [0.5, 0.6) is 0 Å². The summed E-state index contributed by atoms with van der Waals surface area (Å²) in [6.07, 6.45) is 5.12. The highest BCUT2D eigenvalue weighted by Gasteiger charge is 2.13. The maximum absolute atomic E-state index is 12.7. The molecule has 0 aliphatic rings. The zero-order chi connectivity index (χ0) is 18.6. The fourth-order valence-corrected chi connectivity index (χ4v) is 2.81. The van der Waals surface area contributed by atoms with E-state index >= 15 is 0 Å². The van der Waals surface area contributed by atoms with E-state index in [0.29, 0.717) is 11.3 Å². The van der Waals surface area contributed by atoms with Crippen LogP contribution in [0.25, 0.3) is 22.2 Å². The average molecular weight is 357 g/mol. The first kappa shape index (κ1) is 16.7. The number of nitrogens with zero attached hydrogens (tertiary/aromatic N) is 2. The van der Waals surface area contributed by atoms with Crippen molar-refractivity contribution in [2.45, 2.75) is 6.92 Å². The Bertz CT molecular complexity index is 1130. The molecule has 0 saturated carbocycles. The van der Waals surface area contributed by atoms with Gasteiger partial charge in [0.2, 0.25) is 0 Å². The number of amides is 1. The van der Waals surface area contributed by atoms with Crippen molar-refractivity contribution in [3.8, 4) is 11.3 Å². The van der Waals surface area contributed by atoms with Crippen LogP contribution in [0.2, 0.25) is 0 Å². The second kappa shape index (κ2) is 7.21. The molecule has 0 saturated heterocycles. The van der Waals surface area contributed by atoms with Gasteiger partial charge >= 0.3 is 0 Å². The third-order valence-electron chi connectivity index (χ3n) is 4.09. The number of aryl methyl sites for hydroxylation is 1. The molecule has 0 radical (unpaired) electrons. The maximum atomic E-state index is 12.7. The Hall–Kier alpha value is -3.80. The Balaban J connectivity index is 1.69. The number of hydrazone groups is 1. The van der Waals surface area contributed by atoms with Crippen molar-refractivity contribution in [3.05, 3.63) is 84.1 Å². The first-order chi connectivity index (χ1) is 13.2. The molecule has 3 heterocycles. The fourth-order valence-electron chi connectivity index (χ4n) is 2.81. The quantitative estimate of drug-likeness (QED) is 0.449. The van der Waals surface area contributed by atoms with Gasteiger partial charge in [-0.15, -0.1) is 0 Å². The summed E-state index contributed by atoms with van der Waals surface area (Å²) >= 11 is 0. The number of hydrogen-bond acceptors (Lipinski definition) is 4. The first-order valence-corrected chi connectivity index (χ1v) is 8.47. The second-order valence-corrected chi connectivity index (χ2v) is 6.01. The van der Waals surface area contributed by atoms with E-state index < -0.39 is 0 Å². The van der Waals surface area contributed by atoms with E-state index in [1.54, 1.807) is 12.1 Å². The molecule has 4 aromatic rings. The van der Waals surface area contributed by atoms with Gasteiger partial charge in [0.1, 0.15) is 11.5 Å². The molecule has 0 unspecified atom stereocenters. The molecule has 2 N–H and O–H groups in total. The number of aromatic nitrogens is 2. The van der Waals surface area contributed by atoms with Gasteiger partial charge in [-0.2, -0.15) is 5.10 Å². The van der Waals surface area contributed by atoms with Crippen LogP contribution in [0.3, 0.4) is 0 Å². The molecule has 0 aliphatic heterocycles. The zero-order valence-corrected chi connectivity index (χ0v) is 14.6. The topological polar surface area (TPSA) is 81.6 Å². The lowest BCUT2D eigenvalue weighted by Gasteiger charge is -2.08. The van der Waals surface area contributed by atoms with Crippen molar-refractivity contribution in [2.24, 2.45) is 5.10 Å². The minimum Gasteiger partial charge on any atom is -0.460 e. The van der Waals surface area contributed by atoms with Gasteiger partial charge in [0.05, 0.1) is 23.0 Å². The molecule has 0 spiro atoms. The van der Waals surface area contributed by atoms with E-state index in [0.717, 1.165) is 27.9 Å². The Morgan fingerprint density at radius 1 is 1.15 bits per heavy atom. The minimum absolute atomic E-state index is 0.308. The zero-order valence-electron chi connectivity index (χ0n) is 14.6. The highest BCUT2D eigenvalue weighted by Crippen LogP contribution is 2.24. The lowest BCUT2D eigenvalue weighted by molar-refractivity contribution is -0.377. The molecular formula is C21H17N4O2+. The number of rotatable bonds is 4. The monoisotopic (exact) mass is 357 g/mol. The number of H-pyrrole nitrogens is 1. The van der Waals surface area contributed by atoms with Crippen LogP contribution in [0.4, 0.5) is 0 Å². The van der Waals surface area contributed by atoms with Crippen molar-refractivity contribution in [1.29, 1.82) is 0 Å². The number of para-hydroxylation sites is 1. The number of aromatic amines is 1. The summed E-state index contributed by atoms with van der Waals surface area (Å²) in [6.45, 7) is 1.85. The fraction of sp³-hybridized carbons (Fsp3) is 0.0476. The van der Waals surface area contributed by atoms with Gasteiger partial charge < -0.3 is 4.42 Å². The number of pyridine rings is 2. The van der Waals surface area contributed by atoms with Crippen LogP contribution in [0.15, 0.2) is 76.5 Å². The summed E-state index contributed by atoms with van der Waals surface area (Å²) in [5.41, 5.74) is 5.46. The number of furan rings is 1. The molecule has 132 valence electrons. The summed E-state index contributed by atoms with van der Waals surface area (Å²) in [7, 11) is 0. The molecule has 27 heavy (non-hydrogen) atoms. The lowest BCUT2D eigenvalue weighted by atomic mass is 10.0. The van der Waals surface area contributed by atoms with E-state index in [1.165, 1.54) is 6.21 Å². The Morgan fingerprint density at radius 2 is 1.96 bits per heavy atom. The average Bonchev–Trinajstić information content (AvgIpc) is 3.12. The summed E-state index contributed by atoms with van der Waals surface area (Å²) in [6, 6.07) is 16.8. The summed E-state index contributed by atoms with van der Waals surface area (Å²) in [4.78, 5) is 20.4. The summed E-state index contributed by atoms with van der Waals surface area (Å²) in [5, 5.41) is 4.77. The Labute approximate surface area is 155 Å². The highest BCUT2D eigenvalue weighted by atomic mass is 16.3. The molecule has 0 atom stereocenters. The van der Waals surface area contributed by atoms with Crippen molar-refractivity contribution in [1.82, 2.24) is 10.4 Å². The van der Waals surface area contributed by atoms with Gasteiger partial charge in [-0.25, -0.2) is 15.4 Å². The third kappa shape index (κ3) is 3.59. The van der Waals surface area contributed by atoms with Crippen LogP contribution >= 0.6 is 0 Å². The van der Waals surface area contributed by atoms with Crippen molar-refractivity contribution in [2.75, 3.05) is 0 Å². The maximum Gasteiger partial charge on any atom is 0.272 e. The number of carbonyl (C=O) groups is 1. The normalized spacial score (nSPS) is 11.1. The van der Waals surface area contributed by atoms with Crippen LogP contribution in [0, 0.1) is 6.92 Å². The molecule has 0 fully saturated rings. The standard InChI is InChI=1S/C21H16N4O2/c1-14-6-7-16(27-14)13-23-25-21(26)18-12-20(15-8-10-22-11-9-15)24-19-5-3-2-4-17(18)19/h2-13H,1H3,(H,25,26)/p+1. The molecule has 0 bridgehead atoms. The number of fused-ring (bicyclic) bond motifs is 1. The van der Waals surface area contributed by atoms with Crippen molar-refractivity contribution in [3.63, 3.8) is 0 Å². The first-order valence-electron chi connectivity index (χ1n) is 8.47. The highest BCUT2D eigenvalue weighted by molar-refractivity contribution is 6.07. The molecule has 6 heteroatoms.